The van der Waals surface area contributed by atoms with E-state index in [4.69, 9.17) is 5.73 Å². The van der Waals surface area contributed by atoms with Crippen molar-refractivity contribution in [3.05, 3.63) is 30.6 Å². The molecule has 1 aliphatic rings. The summed E-state index contributed by atoms with van der Waals surface area (Å²) in [5.41, 5.74) is 7.99. The van der Waals surface area contributed by atoms with E-state index in [2.05, 4.69) is 23.3 Å². The summed E-state index contributed by atoms with van der Waals surface area (Å²) in [5, 5.41) is 5.80. The van der Waals surface area contributed by atoms with Gasteiger partial charge in [0, 0.05) is 41.1 Å². The Morgan fingerprint density at radius 2 is 2.14 bits per heavy atom. The highest BCUT2D eigenvalue weighted by Crippen LogP contribution is 2.31. The van der Waals surface area contributed by atoms with Gasteiger partial charge < -0.3 is 11.1 Å². The van der Waals surface area contributed by atoms with Crippen molar-refractivity contribution in [2.45, 2.75) is 39.0 Å². The number of nitrogens with one attached hydrogen (secondary N) is 1. The number of nitrogens with zero attached hydrogens (tertiary/aromatic N) is 1. The molecule has 1 saturated carbocycles. The average molecular weight is 283 g/mol. The molecule has 0 spiro atoms. The largest absolute Gasteiger partial charge is 0.398 e. The first-order chi connectivity index (χ1) is 10.2. The van der Waals surface area contributed by atoms with Gasteiger partial charge in [0.05, 0.1) is 0 Å². The van der Waals surface area contributed by atoms with Gasteiger partial charge in [-0.2, -0.15) is 0 Å². The second-order valence-electron chi connectivity index (χ2n) is 6.48. The predicted octanol–water partition coefficient (Wildman–Crippen LogP) is 4.45. The molecule has 1 fully saturated rings. The van der Waals surface area contributed by atoms with Crippen molar-refractivity contribution in [3.63, 3.8) is 0 Å². The molecular formula is C18H25N3. The zero-order valence-corrected chi connectivity index (χ0v) is 12.8. The van der Waals surface area contributed by atoms with Crippen molar-refractivity contribution in [1.29, 1.82) is 0 Å². The number of hydrogen-bond acceptors (Lipinski definition) is 3. The van der Waals surface area contributed by atoms with E-state index in [0.29, 0.717) is 0 Å². The molecule has 3 rings (SSSR count). The summed E-state index contributed by atoms with van der Waals surface area (Å²) in [5.74, 6) is 1.80. The van der Waals surface area contributed by atoms with Crippen LogP contribution < -0.4 is 11.1 Å². The van der Waals surface area contributed by atoms with Crippen LogP contribution in [0.3, 0.4) is 0 Å². The van der Waals surface area contributed by atoms with Crippen LogP contribution in [-0.2, 0) is 0 Å². The quantitative estimate of drug-likeness (QED) is 0.815. The van der Waals surface area contributed by atoms with Gasteiger partial charge in [-0.1, -0.05) is 26.2 Å². The van der Waals surface area contributed by atoms with Crippen molar-refractivity contribution in [1.82, 2.24) is 4.98 Å². The summed E-state index contributed by atoms with van der Waals surface area (Å²) >= 11 is 0. The number of nitrogen functional groups attached to an aromatic ring is 1. The Morgan fingerprint density at radius 3 is 3.00 bits per heavy atom. The van der Waals surface area contributed by atoms with Gasteiger partial charge in [0.2, 0.25) is 0 Å². The summed E-state index contributed by atoms with van der Waals surface area (Å²) in [6, 6.07) is 6.09. The zero-order valence-electron chi connectivity index (χ0n) is 12.8. The Labute approximate surface area is 127 Å². The monoisotopic (exact) mass is 283 g/mol. The first-order valence-electron chi connectivity index (χ1n) is 8.10. The third-order valence-electron chi connectivity index (χ3n) is 4.76. The van der Waals surface area contributed by atoms with Crippen LogP contribution in [0, 0.1) is 11.8 Å². The normalized spacial score (nSPS) is 22.3. The number of hydrogen-bond donors (Lipinski definition) is 2. The Kier molecular flexibility index (Phi) is 4.28. The standard InChI is InChI=1S/C18H25N3/c1-13-3-2-4-14(11-13)7-10-21-18-6-5-17(19)16-12-20-9-8-15(16)18/h5-6,8-9,12-14,21H,2-4,7,10-11,19H2,1H3. The van der Waals surface area contributed by atoms with E-state index in [9.17, 15) is 0 Å². The Bertz CT molecular complexity index is 608. The summed E-state index contributed by atoms with van der Waals surface area (Å²) < 4.78 is 0. The van der Waals surface area contributed by atoms with Gasteiger partial charge in [0.1, 0.15) is 0 Å². The molecule has 3 heteroatoms. The van der Waals surface area contributed by atoms with Gasteiger partial charge in [-0.25, -0.2) is 0 Å². The molecule has 0 bridgehead atoms. The molecule has 21 heavy (non-hydrogen) atoms. The summed E-state index contributed by atoms with van der Waals surface area (Å²) in [7, 11) is 0. The van der Waals surface area contributed by atoms with E-state index < -0.39 is 0 Å². The number of pyridine rings is 1. The minimum Gasteiger partial charge on any atom is -0.398 e. The maximum atomic E-state index is 6.02. The molecule has 112 valence electrons. The lowest BCUT2D eigenvalue weighted by molar-refractivity contribution is 0.274. The molecule has 0 aliphatic heterocycles. The third kappa shape index (κ3) is 3.29. The molecule has 2 unspecified atom stereocenters. The van der Waals surface area contributed by atoms with Crippen LogP contribution in [0.1, 0.15) is 39.0 Å². The molecule has 0 saturated heterocycles. The number of benzene rings is 1. The van der Waals surface area contributed by atoms with Crippen molar-refractivity contribution >= 4 is 22.1 Å². The Hall–Kier alpha value is -1.77. The van der Waals surface area contributed by atoms with Gasteiger partial charge in [0.25, 0.3) is 0 Å². The van der Waals surface area contributed by atoms with Crippen LogP contribution >= 0.6 is 0 Å². The van der Waals surface area contributed by atoms with Crippen molar-refractivity contribution < 1.29 is 0 Å². The van der Waals surface area contributed by atoms with Crippen LogP contribution in [0.2, 0.25) is 0 Å². The van der Waals surface area contributed by atoms with Gasteiger partial charge in [-0.3, -0.25) is 4.98 Å². The number of fused-ring (bicyclic) bond motifs is 1. The number of rotatable bonds is 4. The highest BCUT2D eigenvalue weighted by Gasteiger charge is 2.18. The molecule has 2 aromatic rings. The molecule has 1 aromatic carbocycles. The van der Waals surface area contributed by atoms with Crippen LogP contribution in [-0.4, -0.2) is 11.5 Å². The maximum Gasteiger partial charge on any atom is 0.0422 e. The topological polar surface area (TPSA) is 50.9 Å². The lowest BCUT2D eigenvalue weighted by atomic mass is 9.81. The van der Waals surface area contributed by atoms with E-state index in [1.807, 2.05) is 24.5 Å². The van der Waals surface area contributed by atoms with E-state index in [1.165, 1.54) is 43.2 Å². The first kappa shape index (κ1) is 14.2. The molecule has 1 heterocycles. The van der Waals surface area contributed by atoms with Gasteiger partial charge in [0.15, 0.2) is 0 Å². The van der Waals surface area contributed by atoms with E-state index in [1.54, 1.807) is 0 Å². The Morgan fingerprint density at radius 1 is 1.24 bits per heavy atom. The SMILES string of the molecule is CC1CCCC(CCNc2ccc(N)c3cnccc23)C1. The highest BCUT2D eigenvalue weighted by atomic mass is 14.9. The predicted molar refractivity (Wildman–Crippen MR) is 90.4 cm³/mol. The van der Waals surface area contributed by atoms with Crippen molar-refractivity contribution in [2.24, 2.45) is 11.8 Å². The minimum atomic E-state index is 0.796. The summed E-state index contributed by atoms with van der Waals surface area (Å²) in [4.78, 5) is 4.17. The Balaban J connectivity index is 1.64. The number of aromatic nitrogens is 1. The summed E-state index contributed by atoms with van der Waals surface area (Å²) in [6.07, 6.45) is 10.6. The third-order valence-corrected chi connectivity index (χ3v) is 4.76. The van der Waals surface area contributed by atoms with Crippen molar-refractivity contribution in [3.8, 4) is 0 Å². The molecule has 3 N–H and O–H groups in total. The van der Waals surface area contributed by atoms with Crippen LogP contribution in [0.15, 0.2) is 30.6 Å². The fraction of sp³-hybridized carbons (Fsp3) is 0.500. The smallest absolute Gasteiger partial charge is 0.0422 e. The fourth-order valence-electron chi connectivity index (χ4n) is 3.60. The lowest BCUT2D eigenvalue weighted by Gasteiger charge is -2.26. The minimum absolute atomic E-state index is 0.796. The molecule has 1 aromatic heterocycles. The molecule has 0 radical (unpaired) electrons. The fourth-order valence-corrected chi connectivity index (χ4v) is 3.60. The molecule has 1 aliphatic carbocycles. The number of nitrogens with two attached hydrogens (primary N) is 1. The van der Waals surface area contributed by atoms with E-state index in [0.717, 1.165) is 29.5 Å². The summed E-state index contributed by atoms with van der Waals surface area (Å²) in [6.45, 7) is 3.43. The molecule has 3 nitrogen and oxygen atoms in total. The second kappa shape index (κ2) is 6.33. The van der Waals surface area contributed by atoms with Gasteiger partial charge >= 0.3 is 0 Å². The van der Waals surface area contributed by atoms with Crippen LogP contribution in [0.4, 0.5) is 11.4 Å². The molecule has 0 amide bonds. The number of anilines is 2. The lowest BCUT2D eigenvalue weighted by Crippen LogP contribution is -2.16. The van der Waals surface area contributed by atoms with Gasteiger partial charge in [-0.05, 0) is 42.9 Å². The van der Waals surface area contributed by atoms with Crippen molar-refractivity contribution in [2.75, 3.05) is 17.6 Å². The molecular weight excluding hydrogens is 258 g/mol. The maximum absolute atomic E-state index is 6.02. The molecule has 2 atom stereocenters. The average Bonchev–Trinajstić information content (AvgIpc) is 2.50. The van der Waals surface area contributed by atoms with E-state index >= 15 is 0 Å². The second-order valence-corrected chi connectivity index (χ2v) is 6.48. The highest BCUT2D eigenvalue weighted by molar-refractivity contribution is 6.00. The first-order valence-corrected chi connectivity index (χ1v) is 8.10. The van der Waals surface area contributed by atoms with Gasteiger partial charge in [-0.15, -0.1) is 0 Å². The van der Waals surface area contributed by atoms with Crippen LogP contribution in [0.25, 0.3) is 10.8 Å². The van der Waals surface area contributed by atoms with E-state index in [-0.39, 0.29) is 0 Å². The zero-order chi connectivity index (χ0) is 14.7. The van der Waals surface area contributed by atoms with Crippen LogP contribution in [0.5, 0.6) is 0 Å².